The number of esters is 1. The fourth-order valence-electron chi connectivity index (χ4n) is 3.08. The van der Waals surface area contributed by atoms with Crippen molar-refractivity contribution in [2.75, 3.05) is 6.54 Å². The molecule has 0 unspecified atom stereocenters. The lowest BCUT2D eigenvalue weighted by Gasteiger charge is -2.32. The van der Waals surface area contributed by atoms with E-state index >= 15 is 0 Å². The summed E-state index contributed by atoms with van der Waals surface area (Å²) in [5.74, 6) is -1.75. The van der Waals surface area contributed by atoms with Crippen molar-refractivity contribution in [1.82, 2.24) is 9.88 Å². The van der Waals surface area contributed by atoms with E-state index in [1.165, 1.54) is 23.6 Å². The number of hydrogen-bond acceptors (Lipinski definition) is 5. The Morgan fingerprint density at radius 2 is 2.07 bits per heavy atom. The summed E-state index contributed by atoms with van der Waals surface area (Å²) in [5, 5.41) is 1.97. The molecule has 0 N–H and O–H groups in total. The summed E-state index contributed by atoms with van der Waals surface area (Å²) in [6.45, 7) is 2.42. The molecule has 144 valence electrons. The molecule has 1 fully saturated rings. The standard InChI is InChI=1S/C19H20F2N2O3S/c1-12(23-8-3-2-7-17(23)24)9-18(25)26-10-16-22-15(11-27-16)19-13(20)5-4-6-14(19)21/h4-6,11-12H,2-3,7-10H2,1H3/t12-/m0/s1. The van der Waals surface area contributed by atoms with Crippen LogP contribution >= 0.6 is 11.3 Å². The van der Waals surface area contributed by atoms with E-state index in [1.807, 2.05) is 6.92 Å². The third-order valence-electron chi connectivity index (χ3n) is 4.48. The van der Waals surface area contributed by atoms with Crippen molar-refractivity contribution in [2.24, 2.45) is 0 Å². The number of halogens is 2. The number of hydrogen-bond donors (Lipinski definition) is 0. The van der Waals surface area contributed by atoms with Crippen molar-refractivity contribution in [2.45, 2.75) is 45.3 Å². The van der Waals surface area contributed by atoms with E-state index in [0.29, 0.717) is 18.0 Å². The fourth-order valence-corrected chi connectivity index (χ4v) is 3.78. The number of amides is 1. The van der Waals surface area contributed by atoms with Crippen molar-refractivity contribution in [3.63, 3.8) is 0 Å². The summed E-state index contributed by atoms with van der Waals surface area (Å²) < 4.78 is 32.9. The van der Waals surface area contributed by atoms with Gasteiger partial charge in [0.15, 0.2) is 0 Å². The van der Waals surface area contributed by atoms with Gasteiger partial charge in [-0.1, -0.05) is 6.07 Å². The molecule has 0 saturated carbocycles. The Kier molecular flexibility index (Phi) is 6.15. The largest absolute Gasteiger partial charge is 0.458 e. The number of nitrogens with zero attached hydrogens (tertiary/aromatic N) is 2. The third-order valence-corrected chi connectivity index (χ3v) is 5.30. The summed E-state index contributed by atoms with van der Waals surface area (Å²) in [7, 11) is 0. The van der Waals surface area contributed by atoms with E-state index in [-0.39, 0.29) is 36.2 Å². The van der Waals surface area contributed by atoms with E-state index in [4.69, 9.17) is 4.74 Å². The van der Waals surface area contributed by atoms with Gasteiger partial charge in [0.25, 0.3) is 0 Å². The summed E-state index contributed by atoms with van der Waals surface area (Å²) in [6.07, 6.45) is 2.46. The molecule has 8 heteroatoms. The minimum Gasteiger partial charge on any atom is -0.458 e. The highest BCUT2D eigenvalue weighted by Gasteiger charge is 2.25. The molecule has 1 amide bonds. The number of aromatic nitrogens is 1. The maximum atomic E-state index is 13.8. The lowest BCUT2D eigenvalue weighted by molar-refractivity contribution is -0.147. The number of carbonyl (C=O) groups excluding carboxylic acids is 2. The second-order valence-corrected chi connectivity index (χ2v) is 7.42. The Hall–Kier alpha value is -2.35. The van der Waals surface area contributed by atoms with E-state index in [1.54, 1.807) is 4.90 Å². The molecule has 0 aliphatic carbocycles. The molecule has 0 bridgehead atoms. The molecule has 0 spiro atoms. The molecule has 27 heavy (non-hydrogen) atoms. The molecule has 1 atom stereocenters. The lowest BCUT2D eigenvalue weighted by Crippen LogP contribution is -2.42. The topological polar surface area (TPSA) is 59.5 Å². The van der Waals surface area contributed by atoms with Gasteiger partial charge in [0.2, 0.25) is 5.91 Å². The highest BCUT2D eigenvalue weighted by atomic mass is 32.1. The molecular formula is C19H20F2N2O3S. The van der Waals surface area contributed by atoms with Gasteiger partial charge in [-0.25, -0.2) is 13.8 Å². The van der Waals surface area contributed by atoms with Gasteiger partial charge in [-0.2, -0.15) is 0 Å². The third kappa shape index (κ3) is 4.68. The molecular weight excluding hydrogens is 374 g/mol. The Labute approximate surface area is 160 Å². The second-order valence-electron chi connectivity index (χ2n) is 6.48. The summed E-state index contributed by atoms with van der Waals surface area (Å²) >= 11 is 1.16. The first-order valence-corrected chi connectivity index (χ1v) is 9.67. The average Bonchev–Trinajstić information content (AvgIpc) is 3.08. The number of piperidine rings is 1. The summed E-state index contributed by atoms with van der Waals surface area (Å²) in [4.78, 5) is 29.8. The van der Waals surface area contributed by atoms with Crippen LogP contribution < -0.4 is 0 Å². The maximum Gasteiger partial charge on any atom is 0.308 e. The zero-order valence-electron chi connectivity index (χ0n) is 14.9. The van der Waals surface area contributed by atoms with Gasteiger partial charge in [0, 0.05) is 24.4 Å². The van der Waals surface area contributed by atoms with Crippen molar-refractivity contribution in [3.05, 3.63) is 40.2 Å². The Balaban J connectivity index is 1.55. The van der Waals surface area contributed by atoms with Crippen LogP contribution in [0.25, 0.3) is 11.3 Å². The van der Waals surface area contributed by atoms with Crippen LogP contribution in [0, 0.1) is 11.6 Å². The van der Waals surface area contributed by atoms with E-state index in [9.17, 15) is 18.4 Å². The lowest BCUT2D eigenvalue weighted by atomic mass is 10.1. The Bertz CT molecular complexity index is 820. The van der Waals surface area contributed by atoms with Crippen LogP contribution in [0.2, 0.25) is 0 Å². The first-order valence-electron chi connectivity index (χ1n) is 8.79. The Morgan fingerprint density at radius 1 is 1.33 bits per heavy atom. The van der Waals surface area contributed by atoms with Gasteiger partial charge < -0.3 is 9.64 Å². The fraction of sp³-hybridized carbons (Fsp3) is 0.421. The van der Waals surface area contributed by atoms with E-state index < -0.39 is 17.6 Å². The van der Waals surface area contributed by atoms with Gasteiger partial charge in [0.05, 0.1) is 17.7 Å². The van der Waals surface area contributed by atoms with Crippen LogP contribution in [0.3, 0.4) is 0 Å². The smallest absolute Gasteiger partial charge is 0.308 e. The molecule has 1 aliphatic heterocycles. The first-order chi connectivity index (χ1) is 13.0. The van der Waals surface area contributed by atoms with Crippen molar-refractivity contribution >= 4 is 23.2 Å². The molecule has 2 aromatic rings. The number of benzene rings is 1. The van der Waals surface area contributed by atoms with Crippen LogP contribution in [0.4, 0.5) is 8.78 Å². The molecule has 3 rings (SSSR count). The number of rotatable bonds is 6. The van der Waals surface area contributed by atoms with Crippen LogP contribution in [-0.2, 0) is 20.9 Å². The van der Waals surface area contributed by atoms with Crippen LogP contribution in [-0.4, -0.2) is 34.3 Å². The van der Waals surface area contributed by atoms with Crippen molar-refractivity contribution in [1.29, 1.82) is 0 Å². The van der Waals surface area contributed by atoms with Gasteiger partial charge in [-0.3, -0.25) is 9.59 Å². The van der Waals surface area contributed by atoms with Crippen molar-refractivity contribution in [3.8, 4) is 11.3 Å². The molecule has 2 heterocycles. The molecule has 0 radical (unpaired) electrons. The second kappa shape index (κ2) is 8.56. The quantitative estimate of drug-likeness (QED) is 0.697. The molecule has 1 aliphatic rings. The van der Waals surface area contributed by atoms with E-state index in [2.05, 4.69) is 4.98 Å². The average molecular weight is 394 g/mol. The normalized spacial score (nSPS) is 15.7. The summed E-state index contributed by atoms with van der Waals surface area (Å²) in [5.41, 5.74) is -0.0162. The minimum atomic E-state index is -0.691. The number of ether oxygens (including phenoxy) is 1. The SMILES string of the molecule is C[C@@H](CC(=O)OCc1nc(-c2c(F)cccc2F)cs1)N1CCCCC1=O. The van der Waals surface area contributed by atoms with Crippen molar-refractivity contribution < 1.29 is 23.1 Å². The predicted octanol–water partition coefficient (Wildman–Crippen LogP) is 3.92. The minimum absolute atomic E-state index is 0.0676. The number of likely N-dealkylation sites (tertiary alicyclic amines) is 1. The predicted molar refractivity (Wildman–Crippen MR) is 96.9 cm³/mol. The van der Waals surface area contributed by atoms with Gasteiger partial charge in [-0.15, -0.1) is 11.3 Å². The van der Waals surface area contributed by atoms with Crippen LogP contribution in [0.1, 0.15) is 37.6 Å². The molecule has 5 nitrogen and oxygen atoms in total. The van der Waals surface area contributed by atoms with Gasteiger partial charge in [0.1, 0.15) is 23.2 Å². The van der Waals surface area contributed by atoms with Gasteiger partial charge in [-0.05, 0) is 31.9 Å². The number of thiazole rings is 1. The van der Waals surface area contributed by atoms with Crippen LogP contribution in [0.15, 0.2) is 23.6 Å². The first kappa shape index (κ1) is 19.4. The molecule has 1 aromatic carbocycles. The monoisotopic (exact) mass is 394 g/mol. The van der Waals surface area contributed by atoms with Crippen LogP contribution in [0.5, 0.6) is 0 Å². The zero-order valence-corrected chi connectivity index (χ0v) is 15.7. The highest BCUT2D eigenvalue weighted by Crippen LogP contribution is 2.27. The molecule has 1 saturated heterocycles. The Morgan fingerprint density at radius 3 is 2.78 bits per heavy atom. The molecule has 1 aromatic heterocycles. The van der Waals surface area contributed by atoms with E-state index in [0.717, 1.165) is 24.2 Å². The summed E-state index contributed by atoms with van der Waals surface area (Å²) in [6, 6.07) is 3.41. The zero-order chi connectivity index (χ0) is 19.4. The number of carbonyl (C=O) groups is 2. The maximum absolute atomic E-state index is 13.8. The van der Waals surface area contributed by atoms with Gasteiger partial charge >= 0.3 is 5.97 Å². The highest BCUT2D eigenvalue weighted by molar-refractivity contribution is 7.09.